The molecule has 23 nitrogen and oxygen atoms in total. The second kappa shape index (κ2) is 124. The molecule has 0 aromatic heterocycles. The van der Waals surface area contributed by atoms with Crippen molar-refractivity contribution in [2.75, 3.05) is 120 Å². The molecule has 0 aromatic carbocycles. The molecule has 0 aliphatic carbocycles. The fourth-order valence-corrected chi connectivity index (χ4v) is 4.84. The lowest BCUT2D eigenvalue weighted by atomic mass is 9.82. The van der Waals surface area contributed by atoms with E-state index >= 15 is 0 Å². The van der Waals surface area contributed by atoms with Crippen molar-refractivity contribution in [2.45, 2.75) is 287 Å². The Kier molecular flexibility index (Phi) is 168. The lowest BCUT2D eigenvalue weighted by Gasteiger charge is -2.28. The van der Waals surface area contributed by atoms with Crippen LogP contribution in [-0.4, -0.2) is 179 Å². The van der Waals surface area contributed by atoms with Gasteiger partial charge in [-0.1, -0.05) is 189 Å². The molecule has 0 radical (unpaired) electrons. The Labute approximate surface area is 597 Å². The standard InChI is InChI=1S/C13H26N2O2.2C8H16O2.2C6H12O2.3C4H8O2.C4H8O.2C4H10.4C2H6O.CH4/c1-10(6-7-14-11(2)16)8-13(4,5)9-15-12(3)17;2*1-3-4-5-6-7-8(9)10-2;2*1-5(2)4-6(7)8-3;3*1-3-4(5)6-2;1-3-4(2)5;2*1-3-4-2;4*1-3-2;/h10H,6-9H2,1-5H3,(H,14,16)(H,15,17);2*3-7H2,1-2H3;2*5H,4H2,1-3H3;3*3H2,1-2H3;3H2,1-2H3;2*3-4H2,1-2H3;4*1-2H3;1H4. The van der Waals surface area contributed by atoms with Crippen molar-refractivity contribution in [3.8, 4) is 0 Å². The molecule has 0 saturated heterocycles. The summed E-state index contributed by atoms with van der Waals surface area (Å²) in [6, 6.07) is 0. The largest absolute Gasteiger partial charge is 0.469 e. The molecule has 0 spiro atoms. The summed E-state index contributed by atoms with van der Waals surface area (Å²) in [6.45, 7) is 40.6. The van der Waals surface area contributed by atoms with Gasteiger partial charge in [0.05, 0.1) is 49.8 Å². The summed E-state index contributed by atoms with van der Waals surface area (Å²) >= 11 is 0. The summed E-state index contributed by atoms with van der Waals surface area (Å²) in [5.41, 5.74) is 0.0985. The lowest BCUT2D eigenvalue weighted by molar-refractivity contribution is -0.142. The minimum atomic E-state index is -0.157. The predicted octanol–water partition coefficient (Wildman–Crippen LogP) is 16.4. The third kappa shape index (κ3) is 230. The number of hydrogen-bond acceptors (Lipinski definition) is 21. The number of rotatable bonds is 27. The van der Waals surface area contributed by atoms with Crippen LogP contribution in [0.4, 0.5) is 0 Å². The molecular formula is C74H162N2O21. The fourth-order valence-electron chi connectivity index (χ4n) is 4.84. The van der Waals surface area contributed by atoms with E-state index in [1.165, 1.54) is 115 Å². The summed E-state index contributed by atoms with van der Waals surface area (Å²) in [6.07, 6.45) is 20.7. The van der Waals surface area contributed by atoms with Crippen molar-refractivity contribution >= 4 is 59.4 Å². The van der Waals surface area contributed by atoms with Crippen LogP contribution < -0.4 is 10.6 Å². The Morgan fingerprint density at radius 1 is 0.340 bits per heavy atom. The van der Waals surface area contributed by atoms with E-state index in [1.54, 1.807) is 84.6 Å². The van der Waals surface area contributed by atoms with Gasteiger partial charge in [0.15, 0.2) is 0 Å². The van der Waals surface area contributed by atoms with Crippen LogP contribution >= 0.6 is 0 Å². The van der Waals surface area contributed by atoms with Gasteiger partial charge in [-0.2, -0.15) is 0 Å². The smallest absolute Gasteiger partial charge is 0.305 e. The molecule has 1 atom stereocenters. The van der Waals surface area contributed by atoms with E-state index in [1.807, 2.05) is 34.6 Å². The first-order valence-electron chi connectivity index (χ1n) is 33.9. The van der Waals surface area contributed by atoms with Gasteiger partial charge in [-0.15, -0.1) is 0 Å². The number of hydrogen-bond donors (Lipinski definition) is 2. The first-order chi connectivity index (χ1) is 44.9. The number of nitrogens with one attached hydrogen (secondary N) is 2. The number of ether oxygens (including phenoxy) is 11. The van der Waals surface area contributed by atoms with Crippen molar-refractivity contribution in [3.05, 3.63) is 0 Å². The Bertz CT molecular complexity index is 1450. The SMILES string of the molecule is C.CC(=O)NCCC(C)CC(C)(C)CNC(C)=O.CCC(=O)OC.CCC(=O)OC.CCC(=O)OC.CCC(C)=O.CCCC.CCCC.CCCCCCC(=O)OC.CCCCCCC(=O)OC.COC.COC.COC.COC.COC(=O)CC(C)C.COC(=O)CC(C)C. The number of methoxy groups -OCH3 is 11. The Morgan fingerprint density at radius 3 is 0.722 bits per heavy atom. The highest BCUT2D eigenvalue weighted by molar-refractivity contribution is 5.75. The van der Waals surface area contributed by atoms with E-state index in [0.29, 0.717) is 75.7 Å². The molecule has 0 saturated carbocycles. The number of amides is 2. The average Bonchev–Trinajstić information content (AvgIpc) is 0.964. The van der Waals surface area contributed by atoms with E-state index in [-0.39, 0.29) is 72.2 Å². The molecule has 0 aliphatic heterocycles. The summed E-state index contributed by atoms with van der Waals surface area (Å²) < 4.78 is 47.6. The maximum Gasteiger partial charge on any atom is 0.305 e. The molecule has 0 fully saturated rings. The molecule has 594 valence electrons. The third-order valence-electron chi connectivity index (χ3n) is 10.3. The van der Waals surface area contributed by atoms with Crippen LogP contribution in [0.3, 0.4) is 0 Å². The highest BCUT2D eigenvalue weighted by Gasteiger charge is 2.21. The monoisotopic (exact) mass is 1420 g/mol. The maximum absolute atomic E-state index is 10.9. The summed E-state index contributed by atoms with van der Waals surface area (Å²) in [7, 11) is 22.8. The number of esters is 7. The Balaban J connectivity index is -0.0000000534. The van der Waals surface area contributed by atoms with Crippen LogP contribution in [-0.2, 0) is 100 Å². The van der Waals surface area contributed by atoms with Gasteiger partial charge in [0.2, 0.25) is 11.8 Å². The van der Waals surface area contributed by atoms with Crippen molar-refractivity contribution in [1.82, 2.24) is 10.6 Å². The van der Waals surface area contributed by atoms with Crippen molar-refractivity contribution in [3.63, 3.8) is 0 Å². The van der Waals surface area contributed by atoms with Gasteiger partial charge >= 0.3 is 41.8 Å². The minimum Gasteiger partial charge on any atom is -0.469 e. The summed E-state index contributed by atoms with van der Waals surface area (Å²) in [5, 5.41) is 5.66. The Morgan fingerprint density at radius 2 is 0.577 bits per heavy atom. The molecule has 97 heavy (non-hydrogen) atoms. The van der Waals surface area contributed by atoms with Gasteiger partial charge in [0, 0.05) is 135 Å². The molecule has 2 amide bonds. The highest BCUT2D eigenvalue weighted by Crippen LogP contribution is 2.26. The Hall–Kier alpha value is -5.26. The van der Waals surface area contributed by atoms with Gasteiger partial charge in [-0.3, -0.25) is 43.2 Å². The summed E-state index contributed by atoms with van der Waals surface area (Å²) in [5.74, 6) is 0.742. The number of Topliss-reactive ketones (excluding diaryl/α,β-unsaturated/α-hetero) is 1. The van der Waals surface area contributed by atoms with Crippen LogP contribution in [0.15, 0.2) is 0 Å². The lowest BCUT2D eigenvalue weighted by Crippen LogP contribution is -2.34. The van der Waals surface area contributed by atoms with Crippen LogP contribution in [0.5, 0.6) is 0 Å². The number of unbranched alkanes of at least 4 members (excludes halogenated alkanes) is 8. The third-order valence-corrected chi connectivity index (χ3v) is 10.3. The first-order valence-corrected chi connectivity index (χ1v) is 33.9. The van der Waals surface area contributed by atoms with E-state index in [2.05, 4.69) is 125 Å². The van der Waals surface area contributed by atoms with Crippen LogP contribution in [0.25, 0.3) is 0 Å². The van der Waals surface area contributed by atoms with Gasteiger partial charge in [0.25, 0.3) is 0 Å². The van der Waals surface area contributed by atoms with E-state index in [0.717, 1.165) is 45.1 Å². The van der Waals surface area contributed by atoms with Crippen LogP contribution in [0.1, 0.15) is 287 Å². The van der Waals surface area contributed by atoms with Crippen molar-refractivity contribution in [2.24, 2.45) is 23.2 Å². The van der Waals surface area contributed by atoms with Gasteiger partial charge in [-0.05, 0) is 55.8 Å². The molecule has 1 unspecified atom stereocenters. The molecule has 0 aliphatic rings. The normalized spacial score (nSPS) is 8.96. The minimum absolute atomic E-state index is 0. The molecule has 0 rings (SSSR count). The van der Waals surface area contributed by atoms with Crippen molar-refractivity contribution < 1.29 is 100 Å². The molecule has 0 aromatic rings. The maximum atomic E-state index is 10.9. The number of carbonyl (C=O) groups is 10. The van der Waals surface area contributed by atoms with Crippen LogP contribution in [0.2, 0.25) is 0 Å². The molecule has 0 heterocycles. The number of carbonyl (C=O) groups excluding carboxylic acids is 10. The summed E-state index contributed by atoms with van der Waals surface area (Å²) in [4.78, 5) is 103. The highest BCUT2D eigenvalue weighted by atomic mass is 16.5. The van der Waals surface area contributed by atoms with E-state index < -0.39 is 0 Å². The quantitative estimate of drug-likeness (QED) is 0.0439. The molecule has 23 heteroatoms. The zero-order valence-electron chi connectivity index (χ0n) is 68.8. The topological polar surface area (TPSA) is 296 Å². The number of ketones is 1. The second-order valence-electron chi connectivity index (χ2n) is 22.3. The fraction of sp³-hybridized carbons (Fsp3) is 0.865. The van der Waals surface area contributed by atoms with Crippen molar-refractivity contribution in [1.29, 1.82) is 0 Å². The first kappa shape index (κ1) is 132. The second-order valence-corrected chi connectivity index (χ2v) is 22.3. The van der Waals surface area contributed by atoms with Gasteiger partial charge in [-0.25, -0.2) is 0 Å². The average molecular weight is 1420 g/mol. The van der Waals surface area contributed by atoms with Gasteiger partial charge < -0.3 is 67.5 Å². The zero-order chi connectivity index (χ0) is 79.2. The molecule has 2 N–H and O–H groups in total. The zero-order valence-corrected chi connectivity index (χ0v) is 68.8. The van der Waals surface area contributed by atoms with E-state index in [9.17, 15) is 47.9 Å². The van der Waals surface area contributed by atoms with Gasteiger partial charge in [0.1, 0.15) is 5.78 Å². The van der Waals surface area contributed by atoms with E-state index in [4.69, 9.17) is 0 Å². The predicted molar refractivity (Wildman–Crippen MR) is 402 cm³/mol. The molecular weight excluding hydrogens is 1250 g/mol. The molecule has 0 bridgehead atoms. The van der Waals surface area contributed by atoms with Crippen LogP contribution in [0, 0.1) is 23.2 Å².